The quantitative estimate of drug-likeness (QED) is 0.147. The molecular weight excluding hydrogens is 488 g/mol. The monoisotopic (exact) mass is 503 g/mol. The van der Waals surface area contributed by atoms with Crippen LogP contribution in [0.4, 0.5) is 10.5 Å². The Morgan fingerprint density at radius 2 is 1.85 bits per heavy atom. The molecule has 0 radical (unpaired) electrons. The number of rotatable bonds is 4. The van der Waals surface area contributed by atoms with Gasteiger partial charge in [0.25, 0.3) is 5.91 Å². The van der Waals surface area contributed by atoms with E-state index in [4.69, 9.17) is 10.9 Å². The molecule has 1 aromatic rings. The third-order valence-corrected chi connectivity index (χ3v) is 5.42. The van der Waals surface area contributed by atoms with E-state index in [1.165, 1.54) is 0 Å². The van der Waals surface area contributed by atoms with Gasteiger partial charge in [-0.25, -0.2) is 15.6 Å². The van der Waals surface area contributed by atoms with Gasteiger partial charge >= 0.3 is 6.09 Å². The van der Waals surface area contributed by atoms with E-state index in [-0.39, 0.29) is 5.92 Å². The summed E-state index contributed by atoms with van der Waals surface area (Å²) >= 11 is 3.93. The zero-order valence-electron chi connectivity index (χ0n) is 10.9. The number of hydrogen-bond acceptors (Lipinski definition) is 3. The maximum absolute atomic E-state index is 12.5. The first kappa shape index (κ1) is 17.4. The van der Waals surface area contributed by atoms with Gasteiger partial charge in [0, 0.05) is 3.57 Å². The molecule has 0 aliphatic carbocycles. The van der Waals surface area contributed by atoms with E-state index in [0.29, 0.717) is 5.69 Å². The van der Waals surface area contributed by atoms with Crippen LogP contribution in [0.3, 0.4) is 0 Å². The van der Waals surface area contributed by atoms with Crippen LogP contribution in [-0.2, 0) is 4.79 Å². The number of alkyl halides is 1. The minimum absolute atomic E-state index is 0.262. The summed E-state index contributed by atoms with van der Waals surface area (Å²) in [7, 11) is 0. The molecule has 0 aliphatic heterocycles. The standard InChI is InChI=1S/C12H15I2N3O3/c1-7(2)12(14,16-11(19)20)10(18)17(15)9-5-3-8(13)4-6-9/h3-7,16H,15H2,1-2H3,(H,19,20)/t12-/m1/s1. The Bertz CT molecular complexity index is 507. The molecule has 110 valence electrons. The molecule has 1 atom stereocenters. The van der Waals surface area contributed by atoms with Crippen molar-refractivity contribution in [3.05, 3.63) is 27.8 Å². The van der Waals surface area contributed by atoms with Crippen molar-refractivity contribution < 1.29 is 14.7 Å². The lowest BCUT2D eigenvalue weighted by Crippen LogP contribution is -2.60. The number of benzene rings is 1. The molecule has 0 saturated carbocycles. The predicted molar refractivity (Wildman–Crippen MR) is 93.6 cm³/mol. The number of halogens is 2. The van der Waals surface area contributed by atoms with Crippen LogP contribution in [-0.4, -0.2) is 20.7 Å². The average Bonchev–Trinajstić information content (AvgIpc) is 2.36. The third kappa shape index (κ3) is 3.95. The average molecular weight is 503 g/mol. The second-order valence-corrected chi connectivity index (χ2v) is 7.40. The third-order valence-electron chi connectivity index (χ3n) is 2.72. The van der Waals surface area contributed by atoms with Crippen LogP contribution in [0.25, 0.3) is 0 Å². The highest BCUT2D eigenvalue weighted by atomic mass is 127. The molecule has 0 fully saturated rings. The van der Waals surface area contributed by atoms with Crippen LogP contribution in [0.15, 0.2) is 24.3 Å². The molecule has 1 aromatic carbocycles. The summed E-state index contributed by atoms with van der Waals surface area (Å²) in [6.07, 6.45) is -1.27. The zero-order valence-corrected chi connectivity index (χ0v) is 15.2. The van der Waals surface area contributed by atoms with Crippen LogP contribution in [0.5, 0.6) is 0 Å². The van der Waals surface area contributed by atoms with Gasteiger partial charge in [0.2, 0.25) is 0 Å². The minimum Gasteiger partial charge on any atom is -0.465 e. The SMILES string of the molecule is CC(C)[C@@](I)(NC(=O)O)C(=O)N(N)c1ccc(I)cc1. The van der Waals surface area contributed by atoms with Crippen molar-refractivity contribution >= 4 is 62.9 Å². The highest BCUT2D eigenvalue weighted by Gasteiger charge is 2.43. The van der Waals surface area contributed by atoms with Crippen LogP contribution in [0.1, 0.15) is 13.8 Å². The van der Waals surface area contributed by atoms with E-state index in [0.717, 1.165) is 8.58 Å². The molecule has 2 amide bonds. The number of amides is 2. The number of nitrogens with two attached hydrogens (primary N) is 1. The molecule has 0 heterocycles. The summed E-state index contributed by atoms with van der Waals surface area (Å²) in [6, 6.07) is 7.05. The Morgan fingerprint density at radius 1 is 1.35 bits per heavy atom. The fourth-order valence-electron chi connectivity index (χ4n) is 1.49. The van der Waals surface area contributed by atoms with Crippen molar-refractivity contribution in [3.8, 4) is 0 Å². The van der Waals surface area contributed by atoms with Crippen molar-refractivity contribution in [2.45, 2.75) is 17.4 Å². The first-order valence-corrected chi connectivity index (χ1v) is 7.89. The number of carbonyl (C=O) groups excluding carboxylic acids is 1. The van der Waals surface area contributed by atoms with Crippen molar-refractivity contribution in [2.75, 3.05) is 5.01 Å². The van der Waals surface area contributed by atoms with Gasteiger partial charge in [-0.05, 0) is 75.4 Å². The van der Waals surface area contributed by atoms with Crippen LogP contribution >= 0.6 is 45.2 Å². The maximum atomic E-state index is 12.5. The van der Waals surface area contributed by atoms with E-state index in [2.05, 4.69) is 27.9 Å². The number of nitrogens with zero attached hydrogens (tertiary/aromatic N) is 1. The van der Waals surface area contributed by atoms with E-state index in [1.807, 2.05) is 12.1 Å². The molecule has 4 N–H and O–H groups in total. The number of carbonyl (C=O) groups is 2. The first-order valence-electron chi connectivity index (χ1n) is 5.73. The Labute approximate surface area is 144 Å². The molecule has 0 aliphatic rings. The summed E-state index contributed by atoms with van der Waals surface area (Å²) in [5.41, 5.74) is 0.504. The first-order chi connectivity index (χ1) is 9.18. The largest absolute Gasteiger partial charge is 0.465 e. The Balaban J connectivity index is 3.06. The number of anilines is 1. The molecule has 0 unspecified atom stereocenters. The molecule has 0 spiro atoms. The lowest BCUT2D eigenvalue weighted by atomic mass is 10.0. The molecule has 0 saturated heterocycles. The van der Waals surface area contributed by atoms with Gasteiger partial charge in [-0.3, -0.25) is 10.1 Å². The molecule has 1 rings (SSSR count). The van der Waals surface area contributed by atoms with Crippen LogP contribution in [0.2, 0.25) is 0 Å². The Morgan fingerprint density at radius 3 is 2.25 bits per heavy atom. The van der Waals surface area contributed by atoms with E-state index < -0.39 is 15.5 Å². The van der Waals surface area contributed by atoms with Gasteiger partial charge in [0.05, 0.1) is 5.69 Å². The lowest BCUT2D eigenvalue weighted by Gasteiger charge is -2.33. The Kier molecular flexibility index (Phi) is 6.01. The Hall–Kier alpha value is -0.620. The summed E-state index contributed by atoms with van der Waals surface area (Å²) in [5.74, 6) is 5.05. The molecule has 0 bridgehead atoms. The van der Waals surface area contributed by atoms with Crippen molar-refractivity contribution in [1.29, 1.82) is 0 Å². The number of hydrazine groups is 1. The predicted octanol–water partition coefficient (Wildman–Crippen LogP) is 2.55. The van der Waals surface area contributed by atoms with Crippen molar-refractivity contribution in [3.63, 3.8) is 0 Å². The molecule has 0 aromatic heterocycles. The fraction of sp³-hybridized carbons (Fsp3) is 0.333. The van der Waals surface area contributed by atoms with Crippen molar-refractivity contribution in [1.82, 2.24) is 5.32 Å². The highest BCUT2D eigenvalue weighted by Crippen LogP contribution is 2.29. The minimum atomic E-state index is -1.32. The number of carboxylic acid groups (broad SMARTS) is 1. The molecule has 6 nitrogen and oxygen atoms in total. The van der Waals surface area contributed by atoms with Gasteiger partial charge in [-0.1, -0.05) is 13.8 Å². The molecular formula is C12H15I2N3O3. The normalized spacial score (nSPS) is 13.7. The number of hydrogen-bond donors (Lipinski definition) is 3. The van der Waals surface area contributed by atoms with E-state index in [9.17, 15) is 9.59 Å². The summed E-state index contributed by atoms with van der Waals surface area (Å²) in [4.78, 5) is 23.4. The fourth-order valence-corrected chi connectivity index (χ4v) is 2.34. The smallest absolute Gasteiger partial charge is 0.406 e. The van der Waals surface area contributed by atoms with Crippen LogP contribution < -0.4 is 16.2 Å². The van der Waals surface area contributed by atoms with Gasteiger partial charge < -0.3 is 5.11 Å². The highest BCUT2D eigenvalue weighted by molar-refractivity contribution is 14.1. The topological polar surface area (TPSA) is 95.7 Å². The van der Waals surface area contributed by atoms with Gasteiger partial charge in [-0.15, -0.1) is 0 Å². The number of nitrogens with one attached hydrogen (secondary N) is 1. The van der Waals surface area contributed by atoms with Crippen molar-refractivity contribution in [2.24, 2.45) is 11.8 Å². The lowest BCUT2D eigenvalue weighted by molar-refractivity contribution is -0.122. The molecule has 8 heteroatoms. The zero-order chi connectivity index (χ0) is 15.5. The van der Waals surface area contributed by atoms with E-state index in [1.54, 1.807) is 48.6 Å². The summed E-state index contributed by atoms with van der Waals surface area (Å²) in [5, 5.41) is 12.1. The van der Waals surface area contributed by atoms with Gasteiger partial charge in [0.15, 0.2) is 3.55 Å². The van der Waals surface area contributed by atoms with Crippen LogP contribution in [0, 0.1) is 9.49 Å². The van der Waals surface area contributed by atoms with E-state index >= 15 is 0 Å². The second-order valence-electron chi connectivity index (χ2n) is 4.45. The van der Waals surface area contributed by atoms with Gasteiger partial charge in [0.1, 0.15) is 0 Å². The summed E-state index contributed by atoms with van der Waals surface area (Å²) in [6.45, 7) is 3.50. The molecule has 20 heavy (non-hydrogen) atoms. The summed E-state index contributed by atoms with van der Waals surface area (Å²) < 4.78 is -0.304. The van der Waals surface area contributed by atoms with Gasteiger partial charge in [-0.2, -0.15) is 0 Å². The second kappa shape index (κ2) is 6.89. The maximum Gasteiger partial charge on any atom is 0.406 e.